The first-order chi connectivity index (χ1) is 11.1. The number of aryl methyl sites for hydroxylation is 2. The molecule has 0 saturated heterocycles. The summed E-state index contributed by atoms with van der Waals surface area (Å²) in [6.45, 7) is 0.623. The fourth-order valence-corrected chi connectivity index (χ4v) is 4.32. The van der Waals surface area contributed by atoms with Crippen LogP contribution in [0, 0.1) is 0 Å². The number of rotatable bonds is 5. The first-order valence-electron chi connectivity index (χ1n) is 8.26. The number of nitrogens with zero attached hydrogens (tertiary/aromatic N) is 1. The van der Waals surface area contributed by atoms with Gasteiger partial charge in [-0.3, -0.25) is 4.79 Å². The van der Waals surface area contributed by atoms with Crippen LogP contribution in [0.3, 0.4) is 0 Å². The highest BCUT2D eigenvalue weighted by Crippen LogP contribution is 2.29. The molecule has 0 saturated carbocycles. The maximum atomic E-state index is 12.5. The summed E-state index contributed by atoms with van der Waals surface area (Å²) < 4.78 is 0. The van der Waals surface area contributed by atoms with Crippen molar-refractivity contribution >= 4 is 17.2 Å². The minimum atomic E-state index is 0.0622. The number of amides is 1. The summed E-state index contributed by atoms with van der Waals surface area (Å²) >= 11 is 1.67. The van der Waals surface area contributed by atoms with Gasteiger partial charge >= 0.3 is 0 Å². The maximum absolute atomic E-state index is 12.5. The van der Waals surface area contributed by atoms with E-state index >= 15 is 0 Å². The summed E-state index contributed by atoms with van der Waals surface area (Å²) in [5.41, 5.74) is 2.61. The van der Waals surface area contributed by atoms with Crippen molar-refractivity contribution in [2.24, 2.45) is 0 Å². The molecule has 2 aromatic rings. The molecule has 0 bridgehead atoms. The van der Waals surface area contributed by atoms with Crippen LogP contribution in [0.2, 0.25) is 0 Å². The molecule has 122 valence electrons. The number of hydrogen-bond donors (Lipinski definition) is 1. The van der Waals surface area contributed by atoms with Gasteiger partial charge in [0.2, 0.25) is 0 Å². The average molecular weight is 328 g/mol. The van der Waals surface area contributed by atoms with E-state index in [-0.39, 0.29) is 11.9 Å². The van der Waals surface area contributed by atoms with Gasteiger partial charge in [0.1, 0.15) is 0 Å². The van der Waals surface area contributed by atoms with E-state index in [4.69, 9.17) is 0 Å². The van der Waals surface area contributed by atoms with Crippen molar-refractivity contribution in [3.05, 3.63) is 57.3 Å². The lowest BCUT2D eigenvalue weighted by atomic mass is 9.99. The van der Waals surface area contributed by atoms with Crippen molar-refractivity contribution in [2.75, 3.05) is 20.6 Å². The van der Waals surface area contributed by atoms with E-state index in [1.54, 1.807) is 11.3 Å². The van der Waals surface area contributed by atoms with Crippen LogP contribution >= 0.6 is 11.3 Å². The third kappa shape index (κ3) is 3.82. The highest BCUT2D eigenvalue weighted by atomic mass is 32.1. The van der Waals surface area contributed by atoms with Crippen LogP contribution in [0.1, 0.15) is 44.6 Å². The second-order valence-corrected chi connectivity index (χ2v) is 7.50. The quantitative estimate of drug-likeness (QED) is 0.908. The Hall–Kier alpha value is -1.65. The smallest absolute Gasteiger partial charge is 0.261 e. The Morgan fingerprint density at radius 2 is 1.96 bits per heavy atom. The summed E-state index contributed by atoms with van der Waals surface area (Å²) in [4.78, 5) is 16.9. The average Bonchev–Trinajstić information content (AvgIpc) is 2.99. The highest BCUT2D eigenvalue weighted by molar-refractivity contribution is 7.14. The third-order valence-corrected chi connectivity index (χ3v) is 5.72. The van der Waals surface area contributed by atoms with Gasteiger partial charge in [0, 0.05) is 11.4 Å². The number of thiophene rings is 1. The lowest BCUT2D eigenvalue weighted by Crippen LogP contribution is -2.34. The van der Waals surface area contributed by atoms with Gasteiger partial charge in [-0.1, -0.05) is 30.3 Å². The van der Waals surface area contributed by atoms with Gasteiger partial charge < -0.3 is 10.2 Å². The zero-order valence-electron chi connectivity index (χ0n) is 13.8. The van der Waals surface area contributed by atoms with E-state index in [0.29, 0.717) is 6.54 Å². The summed E-state index contributed by atoms with van der Waals surface area (Å²) in [6, 6.07) is 12.6. The number of carbonyl (C=O) groups is 1. The Labute approximate surface area is 142 Å². The van der Waals surface area contributed by atoms with Crippen LogP contribution in [0.25, 0.3) is 0 Å². The van der Waals surface area contributed by atoms with E-state index in [2.05, 4.69) is 28.4 Å². The van der Waals surface area contributed by atoms with Crippen LogP contribution in [0.15, 0.2) is 36.4 Å². The first-order valence-corrected chi connectivity index (χ1v) is 9.08. The van der Waals surface area contributed by atoms with E-state index in [0.717, 1.165) is 17.7 Å². The van der Waals surface area contributed by atoms with Gasteiger partial charge in [-0.25, -0.2) is 0 Å². The standard InChI is InChI=1S/C19H24N2OS/c1-21(2)16(14-8-4-3-5-9-14)13-20-19(22)18-12-15-10-6-7-11-17(15)23-18/h3-5,8-9,12,16H,6-7,10-11,13H2,1-2H3,(H,20,22). The predicted octanol–water partition coefficient (Wildman–Crippen LogP) is 3.66. The van der Waals surface area contributed by atoms with Crippen molar-refractivity contribution < 1.29 is 4.79 Å². The Morgan fingerprint density at radius 3 is 2.65 bits per heavy atom. The van der Waals surface area contributed by atoms with Gasteiger partial charge in [-0.15, -0.1) is 11.3 Å². The Bertz CT molecular complexity index is 640. The van der Waals surface area contributed by atoms with Gasteiger partial charge in [-0.05, 0) is 57.0 Å². The fraction of sp³-hybridized carbons (Fsp3) is 0.421. The van der Waals surface area contributed by atoms with Gasteiger partial charge in [0.25, 0.3) is 5.91 Å². The maximum Gasteiger partial charge on any atom is 0.261 e. The Morgan fingerprint density at radius 1 is 1.22 bits per heavy atom. The molecular formula is C19H24N2OS. The van der Waals surface area contributed by atoms with E-state index in [1.165, 1.54) is 28.8 Å². The second-order valence-electron chi connectivity index (χ2n) is 6.37. The number of likely N-dealkylation sites (N-methyl/N-ethyl adjacent to an activating group) is 1. The zero-order valence-corrected chi connectivity index (χ0v) is 14.7. The molecule has 1 unspecified atom stereocenters. The molecule has 0 radical (unpaired) electrons. The summed E-state index contributed by atoms with van der Waals surface area (Å²) in [5, 5.41) is 3.12. The summed E-state index contributed by atoms with van der Waals surface area (Å²) in [6.07, 6.45) is 4.77. The van der Waals surface area contributed by atoms with Crippen molar-refractivity contribution in [2.45, 2.75) is 31.7 Å². The number of carbonyl (C=O) groups excluding carboxylic acids is 1. The van der Waals surface area contributed by atoms with E-state index < -0.39 is 0 Å². The number of hydrogen-bond acceptors (Lipinski definition) is 3. The van der Waals surface area contributed by atoms with Crippen LogP contribution in [0.4, 0.5) is 0 Å². The molecule has 1 aromatic heterocycles. The minimum Gasteiger partial charge on any atom is -0.349 e. The molecule has 0 spiro atoms. The summed E-state index contributed by atoms with van der Waals surface area (Å²) in [7, 11) is 4.10. The molecule has 4 heteroatoms. The molecule has 1 aromatic carbocycles. The van der Waals surface area contributed by atoms with Crippen LogP contribution < -0.4 is 5.32 Å². The molecular weight excluding hydrogens is 304 g/mol. The van der Waals surface area contributed by atoms with Crippen LogP contribution in [-0.4, -0.2) is 31.4 Å². The van der Waals surface area contributed by atoms with Crippen LogP contribution in [-0.2, 0) is 12.8 Å². The summed E-state index contributed by atoms with van der Waals surface area (Å²) in [5.74, 6) is 0.0622. The molecule has 23 heavy (non-hydrogen) atoms. The van der Waals surface area contributed by atoms with Gasteiger partial charge in [0.15, 0.2) is 0 Å². The lowest BCUT2D eigenvalue weighted by molar-refractivity contribution is 0.0946. The lowest BCUT2D eigenvalue weighted by Gasteiger charge is -2.25. The SMILES string of the molecule is CN(C)C(CNC(=O)c1cc2c(s1)CCCC2)c1ccccc1. The molecule has 1 atom stereocenters. The molecule has 1 amide bonds. The number of nitrogens with one attached hydrogen (secondary N) is 1. The van der Waals surface area contributed by atoms with Gasteiger partial charge in [-0.2, -0.15) is 0 Å². The molecule has 0 aliphatic heterocycles. The zero-order chi connectivity index (χ0) is 16.2. The molecule has 3 nitrogen and oxygen atoms in total. The Balaban J connectivity index is 1.66. The van der Waals surface area contributed by atoms with E-state index in [9.17, 15) is 4.79 Å². The minimum absolute atomic E-state index is 0.0622. The van der Waals surface area contributed by atoms with Crippen molar-refractivity contribution in [3.8, 4) is 0 Å². The predicted molar refractivity (Wildman–Crippen MR) is 96.2 cm³/mol. The van der Waals surface area contributed by atoms with Crippen molar-refractivity contribution in [1.82, 2.24) is 10.2 Å². The molecule has 1 N–H and O–H groups in total. The van der Waals surface area contributed by atoms with Crippen LogP contribution in [0.5, 0.6) is 0 Å². The third-order valence-electron chi connectivity index (χ3n) is 4.48. The second kappa shape index (κ2) is 7.28. The van der Waals surface area contributed by atoms with Crippen molar-refractivity contribution in [3.63, 3.8) is 0 Å². The number of fused-ring (bicyclic) bond motifs is 1. The highest BCUT2D eigenvalue weighted by Gasteiger charge is 2.19. The number of benzene rings is 1. The molecule has 0 fully saturated rings. The molecule has 1 heterocycles. The van der Waals surface area contributed by atoms with E-state index in [1.807, 2.05) is 32.3 Å². The molecule has 1 aliphatic rings. The van der Waals surface area contributed by atoms with Gasteiger partial charge in [0.05, 0.1) is 10.9 Å². The fourth-order valence-electron chi connectivity index (χ4n) is 3.15. The largest absolute Gasteiger partial charge is 0.349 e. The van der Waals surface area contributed by atoms with Crippen molar-refractivity contribution in [1.29, 1.82) is 0 Å². The topological polar surface area (TPSA) is 32.3 Å². The molecule has 3 rings (SSSR count). The first kappa shape index (κ1) is 16.2. The normalized spacial score (nSPS) is 15.3. The monoisotopic (exact) mass is 328 g/mol. The molecule has 1 aliphatic carbocycles. The Kier molecular flexibility index (Phi) is 5.13.